The minimum atomic E-state index is 0.435. The van der Waals surface area contributed by atoms with Crippen LogP contribution >= 0.6 is 22.6 Å². The number of fused-ring (bicyclic) bond motifs is 2. The number of halogens is 1. The fraction of sp³-hybridized carbons (Fsp3) is 0.750. The third-order valence-electron chi connectivity index (χ3n) is 2.60. The van der Waals surface area contributed by atoms with Gasteiger partial charge in [0.15, 0.2) is 0 Å². The van der Waals surface area contributed by atoms with Gasteiger partial charge in [0.25, 0.3) is 0 Å². The van der Waals surface area contributed by atoms with Gasteiger partial charge in [-0.15, -0.1) is 0 Å². The largest absolute Gasteiger partial charge is 0.366 e. The van der Waals surface area contributed by atoms with Crippen molar-refractivity contribution in [1.82, 2.24) is 0 Å². The average molecular weight is 250 g/mol. The molecule has 0 unspecified atom stereocenters. The Labute approximate surface area is 75.0 Å². The van der Waals surface area contributed by atoms with E-state index in [-0.39, 0.29) is 0 Å². The first-order valence-corrected chi connectivity index (χ1v) is 5.25. The molecule has 2 rings (SSSR count). The molecular formula is C8H11IO. The summed E-state index contributed by atoms with van der Waals surface area (Å²) in [7, 11) is 0. The monoisotopic (exact) mass is 250 g/mol. The summed E-state index contributed by atoms with van der Waals surface area (Å²) >= 11 is 2.45. The lowest BCUT2D eigenvalue weighted by Gasteiger charge is -2.18. The summed E-state index contributed by atoms with van der Waals surface area (Å²) < 4.78 is 6.90. The molecule has 2 aliphatic rings. The third kappa shape index (κ3) is 0.848. The standard InChI is InChI=1S/C8H11IO/c1-5-6(4-9)8-3-2-7(5)10-8/h2-3,5-8H,4H2,1H3/t5-,6+,7+,8-/m0/s1. The van der Waals surface area contributed by atoms with Crippen LogP contribution in [0.25, 0.3) is 0 Å². The summed E-state index contributed by atoms with van der Waals surface area (Å²) in [4.78, 5) is 0. The van der Waals surface area contributed by atoms with E-state index in [0.29, 0.717) is 12.2 Å². The van der Waals surface area contributed by atoms with Crippen molar-refractivity contribution in [3.05, 3.63) is 12.2 Å². The van der Waals surface area contributed by atoms with Gasteiger partial charge in [0.1, 0.15) is 0 Å². The van der Waals surface area contributed by atoms with Crippen LogP contribution < -0.4 is 0 Å². The van der Waals surface area contributed by atoms with Crippen molar-refractivity contribution in [2.75, 3.05) is 4.43 Å². The Hall–Kier alpha value is 0.430. The van der Waals surface area contributed by atoms with Gasteiger partial charge in [-0.2, -0.15) is 0 Å². The highest BCUT2D eigenvalue weighted by molar-refractivity contribution is 14.1. The molecule has 1 fully saturated rings. The Bertz CT molecular complexity index is 167. The lowest BCUT2D eigenvalue weighted by atomic mass is 9.86. The molecular weight excluding hydrogens is 239 g/mol. The van der Waals surface area contributed by atoms with Crippen LogP contribution in [0.15, 0.2) is 12.2 Å². The quantitative estimate of drug-likeness (QED) is 0.393. The zero-order valence-corrected chi connectivity index (χ0v) is 8.11. The Morgan fingerprint density at radius 3 is 2.50 bits per heavy atom. The van der Waals surface area contributed by atoms with Gasteiger partial charge in [0.05, 0.1) is 12.2 Å². The van der Waals surface area contributed by atoms with Crippen molar-refractivity contribution < 1.29 is 4.74 Å². The Balaban J connectivity index is 2.18. The van der Waals surface area contributed by atoms with Crippen molar-refractivity contribution in [3.63, 3.8) is 0 Å². The lowest BCUT2D eigenvalue weighted by Crippen LogP contribution is -2.22. The third-order valence-corrected chi connectivity index (χ3v) is 3.62. The van der Waals surface area contributed by atoms with E-state index in [1.165, 1.54) is 4.43 Å². The number of alkyl halides is 1. The zero-order valence-electron chi connectivity index (χ0n) is 5.96. The number of hydrogen-bond acceptors (Lipinski definition) is 1. The highest BCUT2D eigenvalue weighted by atomic mass is 127. The molecule has 56 valence electrons. The van der Waals surface area contributed by atoms with Gasteiger partial charge < -0.3 is 4.74 Å². The van der Waals surface area contributed by atoms with Crippen LogP contribution in [0.2, 0.25) is 0 Å². The molecule has 2 bridgehead atoms. The predicted molar refractivity (Wildman–Crippen MR) is 49.3 cm³/mol. The van der Waals surface area contributed by atoms with E-state index in [2.05, 4.69) is 41.7 Å². The van der Waals surface area contributed by atoms with E-state index in [1.807, 2.05) is 0 Å². The molecule has 0 radical (unpaired) electrons. The first-order chi connectivity index (χ1) is 4.83. The highest BCUT2D eigenvalue weighted by Gasteiger charge is 2.42. The average Bonchev–Trinajstić information content (AvgIpc) is 2.46. The summed E-state index contributed by atoms with van der Waals surface area (Å²) in [6.07, 6.45) is 5.30. The van der Waals surface area contributed by atoms with Crippen molar-refractivity contribution in [2.24, 2.45) is 11.8 Å². The highest BCUT2D eigenvalue weighted by Crippen LogP contribution is 2.39. The predicted octanol–water partition coefficient (Wildman–Crippen LogP) is 2.01. The van der Waals surface area contributed by atoms with Gasteiger partial charge in [-0.3, -0.25) is 0 Å². The van der Waals surface area contributed by atoms with E-state index in [1.54, 1.807) is 0 Å². The Kier molecular flexibility index (Phi) is 1.76. The molecule has 0 aromatic rings. The zero-order chi connectivity index (χ0) is 7.14. The molecule has 2 aliphatic heterocycles. The molecule has 0 aliphatic carbocycles. The lowest BCUT2D eigenvalue weighted by molar-refractivity contribution is 0.106. The fourth-order valence-corrected chi connectivity index (χ4v) is 3.11. The minimum absolute atomic E-state index is 0.435. The van der Waals surface area contributed by atoms with Gasteiger partial charge in [0.2, 0.25) is 0 Å². The van der Waals surface area contributed by atoms with Crippen LogP contribution in [-0.2, 0) is 4.74 Å². The summed E-state index contributed by atoms with van der Waals surface area (Å²) in [6, 6.07) is 0. The Morgan fingerprint density at radius 1 is 1.40 bits per heavy atom. The maximum Gasteiger partial charge on any atom is 0.0804 e. The number of ether oxygens (including phenoxy) is 1. The SMILES string of the molecule is C[C@H]1[C@@H](CI)[C@@H]2C=C[C@H]1O2. The summed E-state index contributed by atoms with van der Waals surface area (Å²) in [5.41, 5.74) is 0. The molecule has 0 aromatic carbocycles. The molecule has 2 heterocycles. The second-order valence-electron chi connectivity index (χ2n) is 3.13. The molecule has 2 heteroatoms. The Morgan fingerprint density at radius 2 is 2.10 bits per heavy atom. The molecule has 0 spiro atoms. The van der Waals surface area contributed by atoms with E-state index in [9.17, 15) is 0 Å². The molecule has 1 saturated heterocycles. The van der Waals surface area contributed by atoms with Crippen LogP contribution in [0.4, 0.5) is 0 Å². The normalized spacial score (nSPS) is 50.6. The van der Waals surface area contributed by atoms with Gasteiger partial charge in [-0.25, -0.2) is 0 Å². The van der Waals surface area contributed by atoms with Crippen LogP contribution in [-0.4, -0.2) is 16.6 Å². The topological polar surface area (TPSA) is 9.23 Å². The molecule has 0 saturated carbocycles. The van der Waals surface area contributed by atoms with Gasteiger partial charge in [-0.1, -0.05) is 41.7 Å². The van der Waals surface area contributed by atoms with Gasteiger partial charge >= 0.3 is 0 Å². The van der Waals surface area contributed by atoms with Crippen LogP contribution in [0.1, 0.15) is 6.92 Å². The molecule has 0 aromatic heterocycles. The van der Waals surface area contributed by atoms with Crippen molar-refractivity contribution in [1.29, 1.82) is 0 Å². The van der Waals surface area contributed by atoms with E-state index in [4.69, 9.17) is 4.74 Å². The summed E-state index contributed by atoms with van der Waals surface area (Å²) in [6.45, 7) is 2.29. The first kappa shape index (κ1) is 7.10. The molecule has 4 atom stereocenters. The maximum absolute atomic E-state index is 5.67. The minimum Gasteiger partial charge on any atom is -0.366 e. The van der Waals surface area contributed by atoms with Crippen LogP contribution in [0, 0.1) is 11.8 Å². The van der Waals surface area contributed by atoms with E-state index < -0.39 is 0 Å². The van der Waals surface area contributed by atoms with Crippen LogP contribution in [0.3, 0.4) is 0 Å². The number of rotatable bonds is 1. The first-order valence-electron chi connectivity index (χ1n) is 3.72. The maximum atomic E-state index is 5.67. The number of hydrogen-bond donors (Lipinski definition) is 0. The second kappa shape index (κ2) is 2.48. The van der Waals surface area contributed by atoms with E-state index >= 15 is 0 Å². The van der Waals surface area contributed by atoms with Gasteiger partial charge in [-0.05, 0) is 5.92 Å². The van der Waals surface area contributed by atoms with Crippen molar-refractivity contribution >= 4 is 22.6 Å². The van der Waals surface area contributed by atoms with Gasteiger partial charge in [0, 0.05) is 10.3 Å². The molecule has 1 nitrogen and oxygen atoms in total. The second-order valence-corrected chi connectivity index (χ2v) is 4.01. The molecule has 10 heavy (non-hydrogen) atoms. The molecule has 0 amide bonds. The smallest absolute Gasteiger partial charge is 0.0804 e. The van der Waals surface area contributed by atoms with Crippen molar-refractivity contribution in [3.8, 4) is 0 Å². The van der Waals surface area contributed by atoms with E-state index in [0.717, 1.165) is 11.8 Å². The van der Waals surface area contributed by atoms with Crippen LogP contribution in [0.5, 0.6) is 0 Å². The summed E-state index contributed by atoms with van der Waals surface area (Å²) in [5.74, 6) is 1.52. The molecule has 0 N–H and O–H groups in total. The fourth-order valence-electron chi connectivity index (χ4n) is 1.81. The summed E-state index contributed by atoms with van der Waals surface area (Å²) in [5, 5.41) is 0. The van der Waals surface area contributed by atoms with Crippen molar-refractivity contribution in [2.45, 2.75) is 19.1 Å².